The van der Waals surface area contributed by atoms with E-state index in [1.807, 2.05) is 0 Å². The standard InChI is InChI=1S/C12H21F3N4O/c1-3-10(20)19-7-4-9(8-19)18-11(16-2)17-6-5-12(13,14)15/h9H,3-8H2,1-2H3,(H2,16,17,18). The van der Waals surface area contributed by atoms with Crippen LogP contribution in [0.4, 0.5) is 13.2 Å². The van der Waals surface area contributed by atoms with Crippen molar-refractivity contribution in [3.63, 3.8) is 0 Å². The highest BCUT2D eigenvalue weighted by Crippen LogP contribution is 2.18. The van der Waals surface area contributed by atoms with Crippen LogP contribution in [0.25, 0.3) is 0 Å². The van der Waals surface area contributed by atoms with Crippen LogP contribution in [0.2, 0.25) is 0 Å². The number of amides is 1. The maximum Gasteiger partial charge on any atom is 0.390 e. The molecule has 1 fully saturated rings. The third-order valence-electron chi connectivity index (χ3n) is 3.11. The average Bonchev–Trinajstić information content (AvgIpc) is 2.83. The molecule has 0 bridgehead atoms. The largest absolute Gasteiger partial charge is 0.390 e. The lowest BCUT2D eigenvalue weighted by atomic mass is 10.3. The van der Waals surface area contributed by atoms with Crippen LogP contribution in [0.1, 0.15) is 26.2 Å². The van der Waals surface area contributed by atoms with Crippen molar-refractivity contribution < 1.29 is 18.0 Å². The van der Waals surface area contributed by atoms with Crippen LogP contribution in [0.15, 0.2) is 4.99 Å². The maximum atomic E-state index is 12.0. The molecule has 0 saturated carbocycles. The second-order valence-electron chi connectivity index (χ2n) is 4.69. The zero-order valence-electron chi connectivity index (χ0n) is 11.8. The smallest absolute Gasteiger partial charge is 0.356 e. The fraction of sp³-hybridized carbons (Fsp3) is 0.833. The van der Waals surface area contributed by atoms with E-state index in [1.165, 1.54) is 7.05 Å². The van der Waals surface area contributed by atoms with Gasteiger partial charge in [-0.25, -0.2) is 0 Å². The summed E-state index contributed by atoms with van der Waals surface area (Å²) in [6.07, 6.45) is -3.85. The highest BCUT2D eigenvalue weighted by molar-refractivity contribution is 5.80. The quantitative estimate of drug-likeness (QED) is 0.603. The molecule has 8 heteroatoms. The van der Waals surface area contributed by atoms with E-state index in [4.69, 9.17) is 0 Å². The zero-order valence-corrected chi connectivity index (χ0v) is 11.8. The SMILES string of the molecule is CCC(=O)N1CCC(NC(=NC)NCCC(F)(F)F)C1. The second-order valence-corrected chi connectivity index (χ2v) is 4.69. The first-order chi connectivity index (χ1) is 9.35. The second kappa shape index (κ2) is 7.35. The fourth-order valence-electron chi connectivity index (χ4n) is 2.04. The van der Waals surface area contributed by atoms with Crippen molar-refractivity contribution in [2.24, 2.45) is 4.99 Å². The van der Waals surface area contributed by atoms with Crippen LogP contribution >= 0.6 is 0 Å². The molecule has 1 aliphatic rings. The number of aliphatic imine (C=N–C) groups is 1. The summed E-state index contributed by atoms with van der Waals surface area (Å²) < 4.78 is 36.1. The van der Waals surface area contributed by atoms with Gasteiger partial charge in [-0.05, 0) is 6.42 Å². The highest BCUT2D eigenvalue weighted by atomic mass is 19.4. The Bertz CT molecular complexity index is 357. The number of nitrogens with zero attached hydrogens (tertiary/aromatic N) is 2. The van der Waals surface area contributed by atoms with Crippen LogP contribution in [-0.4, -0.2) is 55.7 Å². The van der Waals surface area contributed by atoms with Crippen molar-refractivity contribution in [2.75, 3.05) is 26.7 Å². The molecule has 20 heavy (non-hydrogen) atoms. The molecule has 1 rings (SSSR count). The molecule has 0 aliphatic carbocycles. The van der Waals surface area contributed by atoms with Gasteiger partial charge in [-0.3, -0.25) is 9.79 Å². The lowest BCUT2D eigenvalue weighted by Crippen LogP contribution is -2.45. The summed E-state index contributed by atoms with van der Waals surface area (Å²) in [4.78, 5) is 17.2. The third kappa shape index (κ3) is 5.66. The van der Waals surface area contributed by atoms with E-state index in [0.717, 1.165) is 6.42 Å². The molecule has 116 valence electrons. The van der Waals surface area contributed by atoms with E-state index in [0.29, 0.717) is 25.5 Å². The van der Waals surface area contributed by atoms with Gasteiger partial charge in [0.25, 0.3) is 0 Å². The molecule has 1 atom stereocenters. The molecule has 1 saturated heterocycles. The molecule has 0 aromatic carbocycles. The number of carbonyl (C=O) groups is 1. The zero-order chi connectivity index (χ0) is 15.2. The van der Waals surface area contributed by atoms with E-state index < -0.39 is 12.6 Å². The van der Waals surface area contributed by atoms with Gasteiger partial charge >= 0.3 is 6.18 Å². The minimum absolute atomic E-state index is 0.0302. The van der Waals surface area contributed by atoms with Crippen LogP contribution < -0.4 is 10.6 Å². The summed E-state index contributed by atoms with van der Waals surface area (Å²) in [6.45, 7) is 2.82. The molecule has 0 aromatic rings. The van der Waals surface area contributed by atoms with Gasteiger partial charge in [0.1, 0.15) is 0 Å². The highest BCUT2D eigenvalue weighted by Gasteiger charge is 2.28. The van der Waals surface area contributed by atoms with E-state index >= 15 is 0 Å². The molecule has 2 N–H and O–H groups in total. The van der Waals surface area contributed by atoms with Crippen LogP contribution in [0, 0.1) is 0 Å². The molecular weight excluding hydrogens is 273 g/mol. The molecule has 0 radical (unpaired) electrons. The van der Waals surface area contributed by atoms with Crippen LogP contribution in [0.3, 0.4) is 0 Å². The number of rotatable bonds is 4. The van der Waals surface area contributed by atoms with Gasteiger partial charge in [0.05, 0.1) is 6.42 Å². The topological polar surface area (TPSA) is 56.7 Å². The first-order valence-electron chi connectivity index (χ1n) is 6.67. The minimum atomic E-state index is -4.18. The number of carbonyl (C=O) groups excluding carboxylic acids is 1. The van der Waals surface area contributed by atoms with E-state index in [1.54, 1.807) is 11.8 Å². The lowest BCUT2D eigenvalue weighted by molar-refractivity contribution is -0.133. The number of likely N-dealkylation sites (tertiary alicyclic amines) is 1. The number of hydrogen-bond donors (Lipinski definition) is 2. The average molecular weight is 294 g/mol. The molecule has 0 aromatic heterocycles. The van der Waals surface area contributed by atoms with Crippen molar-refractivity contribution in [3.8, 4) is 0 Å². The molecule has 1 unspecified atom stereocenters. The Kier molecular flexibility index (Phi) is 6.09. The number of halogens is 3. The molecule has 1 heterocycles. The Balaban J connectivity index is 2.33. The van der Waals surface area contributed by atoms with Crippen molar-refractivity contribution in [2.45, 2.75) is 38.4 Å². The van der Waals surface area contributed by atoms with E-state index in [2.05, 4.69) is 15.6 Å². The Morgan fingerprint density at radius 1 is 1.45 bits per heavy atom. The number of hydrogen-bond acceptors (Lipinski definition) is 2. The summed E-state index contributed by atoms with van der Waals surface area (Å²) in [6, 6.07) is 0.0302. The summed E-state index contributed by atoms with van der Waals surface area (Å²) in [7, 11) is 1.51. The minimum Gasteiger partial charge on any atom is -0.356 e. The first kappa shape index (κ1) is 16.6. The Morgan fingerprint density at radius 2 is 2.15 bits per heavy atom. The summed E-state index contributed by atoms with van der Waals surface area (Å²) in [5.74, 6) is 0.430. The summed E-state index contributed by atoms with van der Waals surface area (Å²) in [5.41, 5.74) is 0. The Labute approximate surface area is 116 Å². The Morgan fingerprint density at radius 3 is 2.70 bits per heavy atom. The molecule has 1 aliphatic heterocycles. The summed E-state index contributed by atoms with van der Waals surface area (Å²) in [5, 5.41) is 5.66. The molecule has 0 spiro atoms. The van der Waals surface area contributed by atoms with E-state index in [9.17, 15) is 18.0 Å². The van der Waals surface area contributed by atoms with Crippen molar-refractivity contribution in [1.29, 1.82) is 0 Å². The molecule has 1 amide bonds. The van der Waals surface area contributed by atoms with Gasteiger partial charge in [-0.1, -0.05) is 6.92 Å². The van der Waals surface area contributed by atoms with Crippen molar-refractivity contribution in [1.82, 2.24) is 15.5 Å². The molecular formula is C12H21F3N4O. The number of alkyl halides is 3. The summed E-state index contributed by atoms with van der Waals surface area (Å²) >= 11 is 0. The van der Waals surface area contributed by atoms with Gasteiger partial charge in [0.15, 0.2) is 5.96 Å². The maximum absolute atomic E-state index is 12.0. The van der Waals surface area contributed by atoms with Crippen LogP contribution in [0.5, 0.6) is 0 Å². The van der Waals surface area contributed by atoms with E-state index in [-0.39, 0.29) is 18.5 Å². The van der Waals surface area contributed by atoms with Gasteiger partial charge < -0.3 is 15.5 Å². The fourth-order valence-corrected chi connectivity index (χ4v) is 2.04. The number of guanidine groups is 1. The predicted molar refractivity (Wildman–Crippen MR) is 70.4 cm³/mol. The van der Waals surface area contributed by atoms with Gasteiger partial charge in [-0.15, -0.1) is 0 Å². The Hall–Kier alpha value is -1.47. The van der Waals surface area contributed by atoms with Crippen LogP contribution in [-0.2, 0) is 4.79 Å². The number of nitrogens with one attached hydrogen (secondary N) is 2. The lowest BCUT2D eigenvalue weighted by Gasteiger charge is -2.19. The van der Waals surface area contributed by atoms with Gasteiger partial charge in [-0.2, -0.15) is 13.2 Å². The van der Waals surface area contributed by atoms with Gasteiger partial charge in [0, 0.05) is 39.1 Å². The predicted octanol–water partition coefficient (Wildman–Crippen LogP) is 1.11. The van der Waals surface area contributed by atoms with Crippen molar-refractivity contribution >= 4 is 11.9 Å². The van der Waals surface area contributed by atoms with Crippen molar-refractivity contribution in [3.05, 3.63) is 0 Å². The first-order valence-corrected chi connectivity index (χ1v) is 6.67. The normalized spacial score (nSPS) is 20.1. The molecule has 5 nitrogen and oxygen atoms in total. The monoisotopic (exact) mass is 294 g/mol. The van der Waals surface area contributed by atoms with Gasteiger partial charge in [0.2, 0.25) is 5.91 Å². The third-order valence-corrected chi connectivity index (χ3v) is 3.11.